The van der Waals surface area contributed by atoms with Crippen molar-refractivity contribution in [2.75, 3.05) is 19.5 Å². The minimum Gasteiger partial charge on any atom is -0.493 e. The molecule has 4 aromatic rings. The zero-order valence-corrected chi connectivity index (χ0v) is 16.5. The summed E-state index contributed by atoms with van der Waals surface area (Å²) in [5.41, 5.74) is 1.96. The maximum atomic E-state index is 14.1. The van der Waals surface area contributed by atoms with Crippen molar-refractivity contribution in [2.45, 2.75) is 6.04 Å². The van der Waals surface area contributed by atoms with Crippen molar-refractivity contribution < 1.29 is 13.9 Å². The standard InChI is InChI=1S/C20H16FN7O3/c1-30-13-7-6-10(9-14(13)31-2)16-15-17(19(29)24-23-16)22-20-25-26-27-28(20)18(15)11-4-3-5-12(21)8-11/h3-9,18H,1-2H3,(H,24,29)(H,22,25,27)/t18-/m0/s1. The Morgan fingerprint density at radius 1 is 1.10 bits per heavy atom. The van der Waals surface area contributed by atoms with Crippen LogP contribution in [0.25, 0.3) is 11.3 Å². The zero-order valence-electron chi connectivity index (χ0n) is 16.5. The smallest absolute Gasteiger partial charge is 0.288 e. The van der Waals surface area contributed by atoms with Crippen molar-refractivity contribution >= 4 is 11.6 Å². The zero-order chi connectivity index (χ0) is 21.5. The number of ether oxygens (including phenoxy) is 2. The van der Waals surface area contributed by atoms with Crippen molar-refractivity contribution in [3.8, 4) is 22.8 Å². The molecule has 2 N–H and O–H groups in total. The quantitative estimate of drug-likeness (QED) is 0.454. The van der Waals surface area contributed by atoms with Crippen LogP contribution in [-0.2, 0) is 0 Å². The van der Waals surface area contributed by atoms with Crippen LogP contribution in [0, 0.1) is 5.82 Å². The molecule has 0 amide bonds. The van der Waals surface area contributed by atoms with Gasteiger partial charge in [-0.2, -0.15) is 9.78 Å². The van der Waals surface area contributed by atoms with Gasteiger partial charge >= 0.3 is 0 Å². The molecule has 31 heavy (non-hydrogen) atoms. The van der Waals surface area contributed by atoms with Crippen LogP contribution in [0.4, 0.5) is 16.0 Å². The molecule has 2 aromatic carbocycles. The summed E-state index contributed by atoms with van der Waals surface area (Å²) in [5.74, 6) is 0.887. The predicted molar refractivity (Wildman–Crippen MR) is 108 cm³/mol. The van der Waals surface area contributed by atoms with E-state index < -0.39 is 17.4 Å². The van der Waals surface area contributed by atoms with Crippen molar-refractivity contribution in [3.05, 3.63) is 69.8 Å². The Balaban J connectivity index is 1.80. The fourth-order valence-electron chi connectivity index (χ4n) is 3.73. The molecule has 1 aliphatic heterocycles. The summed E-state index contributed by atoms with van der Waals surface area (Å²) in [6, 6.07) is 10.7. The third-order valence-corrected chi connectivity index (χ3v) is 5.09. The summed E-state index contributed by atoms with van der Waals surface area (Å²) < 4.78 is 26.3. The van der Waals surface area contributed by atoms with Gasteiger partial charge in [0.1, 0.15) is 17.5 Å². The van der Waals surface area contributed by atoms with E-state index in [0.717, 1.165) is 0 Å². The summed E-state index contributed by atoms with van der Waals surface area (Å²) in [5, 5.41) is 21.5. The lowest BCUT2D eigenvalue weighted by Crippen LogP contribution is -2.29. The van der Waals surface area contributed by atoms with Crippen LogP contribution in [0.15, 0.2) is 47.3 Å². The van der Waals surface area contributed by atoms with Gasteiger partial charge in [-0.15, -0.1) is 0 Å². The van der Waals surface area contributed by atoms with Crippen LogP contribution in [0.3, 0.4) is 0 Å². The topological polar surface area (TPSA) is 120 Å². The summed E-state index contributed by atoms with van der Waals surface area (Å²) in [6.07, 6.45) is 0. The summed E-state index contributed by atoms with van der Waals surface area (Å²) in [6.45, 7) is 0. The van der Waals surface area contributed by atoms with E-state index in [9.17, 15) is 9.18 Å². The first-order valence-electron chi connectivity index (χ1n) is 9.26. The Labute approximate surface area is 174 Å². The van der Waals surface area contributed by atoms with Crippen LogP contribution in [0.1, 0.15) is 17.2 Å². The molecule has 0 radical (unpaired) electrons. The van der Waals surface area contributed by atoms with Crippen molar-refractivity contribution in [2.24, 2.45) is 0 Å². The van der Waals surface area contributed by atoms with E-state index in [4.69, 9.17) is 9.47 Å². The maximum Gasteiger partial charge on any atom is 0.288 e. The number of anilines is 2. The highest BCUT2D eigenvalue weighted by Gasteiger charge is 2.34. The van der Waals surface area contributed by atoms with Gasteiger partial charge in [0.15, 0.2) is 11.5 Å². The Morgan fingerprint density at radius 3 is 2.71 bits per heavy atom. The fourth-order valence-corrected chi connectivity index (χ4v) is 3.73. The predicted octanol–water partition coefficient (Wildman–Crippen LogP) is 2.27. The number of rotatable bonds is 4. The highest BCUT2D eigenvalue weighted by molar-refractivity contribution is 5.76. The molecule has 1 aliphatic rings. The number of hydrogen-bond donors (Lipinski definition) is 2. The Bertz CT molecular complexity index is 1350. The molecule has 0 saturated carbocycles. The average Bonchev–Trinajstić information content (AvgIpc) is 3.26. The minimum atomic E-state index is -0.685. The van der Waals surface area contributed by atoms with E-state index in [-0.39, 0.29) is 11.6 Å². The lowest BCUT2D eigenvalue weighted by atomic mass is 9.92. The molecule has 11 heteroatoms. The number of hydrogen-bond acceptors (Lipinski definition) is 8. The van der Waals surface area contributed by atoms with Crippen molar-refractivity contribution in [3.63, 3.8) is 0 Å². The molecule has 0 spiro atoms. The number of aromatic amines is 1. The third-order valence-electron chi connectivity index (χ3n) is 5.09. The normalized spacial score (nSPS) is 14.4. The Hall–Kier alpha value is -4.28. The fraction of sp³-hybridized carbons (Fsp3) is 0.150. The Morgan fingerprint density at radius 2 is 1.94 bits per heavy atom. The largest absolute Gasteiger partial charge is 0.493 e. The second kappa shape index (κ2) is 7.20. The van der Waals surface area contributed by atoms with E-state index in [1.54, 1.807) is 37.4 Å². The summed E-state index contributed by atoms with van der Waals surface area (Å²) in [7, 11) is 3.07. The van der Waals surface area contributed by atoms with Gasteiger partial charge in [-0.25, -0.2) is 9.49 Å². The molecule has 0 unspecified atom stereocenters. The number of fused-ring (bicyclic) bond motifs is 2. The number of nitrogens with one attached hydrogen (secondary N) is 2. The van der Waals surface area contributed by atoms with Crippen molar-refractivity contribution in [1.29, 1.82) is 0 Å². The van der Waals surface area contributed by atoms with Gasteiger partial charge < -0.3 is 14.8 Å². The van der Waals surface area contributed by atoms with E-state index in [2.05, 4.69) is 31.0 Å². The highest BCUT2D eigenvalue weighted by Crippen LogP contribution is 2.42. The molecule has 3 heterocycles. The second-order valence-corrected chi connectivity index (χ2v) is 6.79. The molecule has 5 rings (SSSR count). The van der Waals surface area contributed by atoms with Gasteiger partial charge in [-0.1, -0.05) is 17.2 Å². The molecular weight excluding hydrogens is 405 g/mol. The number of benzene rings is 2. The maximum absolute atomic E-state index is 14.1. The second-order valence-electron chi connectivity index (χ2n) is 6.79. The van der Waals surface area contributed by atoms with Crippen LogP contribution < -0.4 is 20.3 Å². The highest BCUT2D eigenvalue weighted by atomic mass is 19.1. The lowest BCUT2D eigenvalue weighted by Gasteiger charge is -2.27. The van der Waals surface area contributed by atoms with Crippen LogP contribution in [-0.4, -0.2) is 44.6 Å². The molecule has 10 nitrogen and oxygen atoms in total. The number of H-pyrrole nitrogens is 1. The van der Waals surface area contributed by atoms with E-state index >= 15 is 0 Å². The van der Waals surface area contributed by atoms with Crippen molar-refractivity contribution in [1.82, 2.24) is 30.4 Å². The number of methoxy groups -OCH3 is 2. The first-order valence-corrected chi connectivity index (χ1v) is 9.26. The molecule has 1 atom stereocenters. The van der Waals surface area contributed by atoms with Crippen LogP contribution >= 0.6 is 0 Å². The lowest BCUT2D eigenvalue weighted by molar-refractivity contribution is 0.355. The molecule has 0 saturated heterocycles. The molecule has 0 aliphatic carbocycles. The Kier molecular flexibility index (Phi) is 4.35. The van der Waals surface area contributed by atoms with Gasteiger partial charge in [0.25, 0.3) is 5.56 Å². The summed E-state index contributed by atoms with van der Waals surface area (Å²) in [4.78, 5) is 12.7. The van der Waals surface area contributed by atoms with Gasteiger partial charge in [-0.05, 0) is 46.3 Å². The van der Waals surface area contributed by atoms with Gasteiger partial charge in [-0.3, -0.25) is 4.79 Å². The monoisotopic (exact) mass is 421 g/mol. The summed E-state index contributed by atoms with van der Waals surface area (Å²) >= 11 is 0. The molecule has 0 bridgehead atoms. The number of halogens is 1. The van der Waals surface area contributed by atoms with E-state index in [1.165, 1.54) is 23.9 Å². The van der Waals surface area contributed by atoms with E-state index in [0.29, 0.717) is 33.9 Å². The van der Waals surface area contributed by atoms with Gasteiger partial charge in [0.05, 0.1) is 19.9 Å². The van der Waals surface area contributed by atoms with Crippen LogP contribution in [0.5, 0.6) is 11.5 Å². The minimum absolute atomic E-state index is 0.233. The number of nitrogens with zero attached hydrogens (tertiary/aromatic N) is 5. The van der Waals surface area contributed by atoms with Crippen LogP contribution in [0.2, 0.25) is 0 Å². The molecular formula is C20H16FN7O3. The SMILES string of the molecule is COc1ccc(-c2n[nH]c(=O)c3c2[C@H](c2cccc(F)c2)n2nnnc2N3)cc1OC. The molecule has 0 fully saturated rings. The molecule has 2 aromatic heterocycles. The van der Waals surface area contributed by atoms with Gasteiger partial charge in [0.2, 0.25) is 5.95 Å². The van der Waals surface area contributed by atoms with E-state index in [1.807, 2.05) is 0 Å². The average molecular weight is 421 g/mol. The van der Waals surface area contributed by atoms with Gasteiger partial charge in [0, 0.05) is 11.1 Å². The third kappa shape index (κ3) is 2.98. The molecule has 156 valence electrons. The first-order chi connectivity index (χ1) is 15.1. The number of tetrazole rings is 1. The first kappa shape index (κ1) is 18.7. The number of aromatic nitrogens is 6.